The molecule has 0 saturated heterocycles. The number of unbranched alkanes of at least 4 members (excludes halogenated alkanes) is 4. The van der Waals surface area contributed by atoms with E-state index in [1.165, 1.54) is 25.7 Å². The van der Waals surface area contributed by atoms with E-state index < -0.39 is 0 Å². The van der Waals surface area contributed by atoms with E-state index in [-0.39, 0.29) is 12.1 Å². The molecule has 0 aliphatic carbocycles. The monoisotopic (exact) mass is 428 g/mol. The number of para-hydroxylation sites is 1. The minimum Gasteiger partial charge on any atom is -0.493 e. The highest BCUT2D eigenvalue weighted by Gasteiger charge is 2.34. The molecule has 0 fully saturated rings. The van der Waals surface area contributed by atoms with E-state index in [4.69, 9.17) is 4.74 Å². The van der Waals surface area contributed by atoms with Crippen LogP contribution in [0.2, 0.25) is 0 Å². The molecule has 0 aromatic heterocycles. The molecule has 4 rings (SSSR count). The minimum absolute atomic E-state index is 0.00250. The maximum absolute atomic E-state index is 13.4. The van der Waals surface area contributed by atoms with Crippen molar-refractivity contribution in [1.29, 1.82) is 0 Å². The molecule has 1 atom stereocenters. The van der Waals surface area contributed by atoms with Crippen molar-refractivity contribution in [1.82, 2.24) is 4.90 Å². The van der Waals surface area contributed by atoms with Gasteiger partial charge in [0.25, 0.3) is 5.91 Å². The average Bonchev–Trinajstić information content (AvgIpc) is 2.83. The summed E-state index contributed by atoms with van der Waals surface area (Å²) in [5.41, 5.74) is 2.53. The van der Waals surface area contributed by atoms with Crippen molar-refractivity contribution in [3.63, 3.8) is 0 Å². The summed E-state index contributed by atoms with van der Waals surface area (Å²) >= 11 is 0. The van der Waals surface area contributed by atoms with Gasteiger partial charge in [-0.15, -0.1) is 6.58 Å². The first-order chi connectivity index (χ1) is 15.7. The number of benzene rings is 3. The van der Waals surface area contributed by atoms with Gasteiger partial charge >= 0.3 is 0 Å². The van der Waals surface area contributed by atoms with E-state index in [9.17, 15) is 4.79 Å². The predicted octanol–water partition coefficient (Wildman–Crippen LogP) is 6.94. The van der Waals surface area contributed by atoms with Gasteiger partial charge in [-0.1, -0.05) is 81.1 Å². The highest BCUT2D eigenvalue weighted by molar-refractivity contribution is 6.02. The van der Waals surface area contributed by atoms with E-state index in [1.807, 2.05) is 47.4 Å². The Labute approximate surface area is 190 Å². The summed E-state index contributed by atoms with van der Waals surface area (Å²) in [6.07, 6.45) is 7.39. The van der Waals surface area contributed by atoms with Crippen molar-refractivity contribution in [2.75, 3.05) is 18.5 Å². The van der Waals surface area contributed by atoms with Gasteiger partial charge < -0.3 is 15.0 Å². The molecule has 4 heteroatoms. The smallest absolute Gasteiger partial charge is 0.258 e. The standard InChI is InChI=1S/C28H32N2O2/c1-3-5-6-7-12-20-32-25-18-17-21-13-8-9-14-22(21)26(25)27-29-24-16-11-10-15-23(24)28(31)30(27)19-4-2/h4,8-11,13-18,27,29H,2-3,5-7,12,19-20H2,1H3. The lowest BCUT2D eigenvalue weighted by Crippen LogP contribution is -2.43. The van der Waals surface area contributed by atoms with Crippen LogP contribution in [0.15, 0.2) is 73.3 Å². The van der Waals surface area contributed by atoms with Gasteiger partial charge in [0.05, 0.1) is 12.2 Å². The summed E-state index contributed by atoms with van der Waals surface area (Å²) in [6.45, 7) is 7.24. The number of rotatable bonds is 10. The van der Waals surface area contributed by atoms with Gasteiger partial charge in [-0.3, -0.25) is 4.79 Å². The Bertz CT molecular complexity index is 1090. The molecular weight excluding hydrogens is 396 g/mol. The number of carbonyl (C=O) groups is 1. The van der Waals surface area contributed by atoms with E-state index in [2.05, 4.69) is 37.0 Å². The molecule has 1 unspecified atom stereocenters. The number of anilines is 1. The topological polar surface area (TPSA) is 41.6 Å². The quantitative estimate of drug-likeness (QED) is 0.281. The van der Waals surface area contributed by atoms with Crippen LogP contribution in [0.3, 0.4) is 0 Å². The predicted molar refractivity (Wildman–Crippen MR) is 132 cm³/mol. The Morgan fingerprint density at radius 3 is 2.62 bits per heavy atom. The first kappa shape index (κ1) is 21.9. The fraction of sp³-hybridized carbons (Fsp3) is 0.321. The molecule has 0 bridgehead atoms. The Morgan fingerprint density at radius 1 is 1.00 bits per heavy atom. The van der Waals surface area contributed by atoms with Gasteiger partial charge in [0.1, 0.15) is 11.9 Å². The summed E-state index contributed by atoms with van der Waals surface area (Å²) in [4.78, 5) is 15.2. The van der Waals surface area contributed by atoms with Gasteiger partial charge in [0, 0.05) is 17.8 Å². The van der Waals surface area contributed by atoms with Crippen LogP contribution in [0.1, 0.15) is 61.1 Å². The fourth-order valence-corrected chi connectivity index (χ4v) is 4.42. The third-order valence-corrected chi connectivity index (χ3v) is 6.06. The van der Waals surface area contributed by atoms with Crippen LogP contribution in [-0.4, -0.2) is 24.0 Å². The van der Waals surface area contributed by atoms with Crippen LogP contribution in [0.25, 0.3) is 10.8 Å². The maximum Gasteiger partial charge on any atom is 0.258 e. The summed E-state index contributed by atoms with van der Waals surface area (Å²) in [5, 5.41) is 5.83. The van der Waals surface area contributed by atoms with Crippen molar-refractivity contribution in [2.45, 2.75) is 45.2 Å². The zero-order valence-corrected chi connectivity index (χ0v) is 18.8. The number of hydrogen-bond donors (Lipinski definition) is 1. The summed E-state index contributed by atoms with van der Waals surface area (Å²) in [5.74, 6) is 0.834. The molecule has 4 nitrogen and oxygen atoms in total. The van der Waals surface area contributed by atoms with Crippen molar-refractivity contribution in [2.24, 2.45) is 0 Å². The Hall–Kier alpha value is -3.27. The van der Waals surface area contributed by atoms with Crippen LogP contribution in [0, 0.1) is 0 Å². The number of ether oxygens (including phenoxy) is 1. The second-order valence-electron chi connectivity index (χ2n) is 8.30. The zero-order valence-electron chi connectivity index (χ0n) is 18.8. The normalized spacial score (nSPS) is 15.3. The molecule has 1 N–H and O–H groups in total. The summed E-state index contributed by atoms with van der Waals surface area (Å²) in [6, 6.07) is 20.1. The number of fused-ring (bicyclic) bond motifs is 2. The first-order valence-corrected chi connectivity index (χ1v) is 11.7. The van der Waals surface area contributed by atoms with Gasteiger partial charge in [-0.2, -0.15) is 0 Å². The maximum atomic E-state index is 13.4. The Morgan fingerprint density at radius 2 is 1.78 bits per heavy atom. The zero-order chi connectivity index (χ0) is 22.3. The van der Waals surface area contributed by atoms with Crippen molar-refractivity contribution >= 4 is 22.4 Å². The second-order valence-corrected chi connectivity index (χ2v) is 8.30. The van der Waals surface area contributed by atoms with Crippen LogP contribution >= 0.6 is 0 Å². The molecule has 166 valence electrons. The van der Waals surface area contributed by atoms with E-state index in [0.717, 1.165) is 34.2 Å². The third-order valence-electron chi connectivity index (χ3n) is 6.06. The first-order valence-electron chi connectivity index (χ1n) is 11.7. The van der Waals surface area contributed by atoms with Crippen LogP contribution in [0.5, 0.6) is 5.75 Å². The Kier molecular flexibility index (Phi) is 7.10. The van der Waals surface area contributed by atoms with Crippen LogP contribution in [0.4, 0.5) is 5.69 Å². The Balaban J connectivity index is 1.72. The van der Waals surface area contributed by atoms with E-state index in [0.29, 0.717) is 18.7 Å². The number of carbonyl (C=O) groups excluding carboxylic acids is 1. The molecule has 1 aliphatic rings. The fourth-order valence-electron chi connectivity index (χ4n) is 4.42. The molecule has 3 aromatic rings. The van der Waals surface area contributed by atoms with Gasteiger partial charge in [0.2, 0.25) is 0 Å². The highest BCUT2D eigenvalue weighted by Crippen LogP contribution is 2.40. The number of hydrogen-bond acceptors (Lipinski definition) is 3. The summed E-state index contributed by atoms with van der Waals surface area (Å²) < 4.78 is 6.32. The number of nitrogens with zero attached hydrogens (tertiary/aromatic N) is 1. The molecule has 32 heavy (non-hydrogen) atoms. The van der Waals surface area contributed by atoms with Crippen molar-refractivity contribution in [3.05, 3.63) is 84.4 Å². The molecular formula is C28H32N2O2. The largest absolute Gasteiger partial charge is 0.493 e. The molecule has 0 spiro atoms. The SMILES string of the molecule is C=CCN1C(=O)c2ccccc2NC1c1c(OCCCCCCC)ccc2ccccc12. The lowest BCUT2D eigenvalue weighted by Gasteiger charge is -2.38. The van der Waals surface area contributed by atoms with Crippen LogP contribution in [-0.2, 0) is 0 Å². The lowest BCUT2D eigenvalue weighted by molar-refractivity contribution is 0.0706. The minimum atomic E-state index is -0.336. The molecule has 1 amide bonds. The van der Waals surface area contributed by atoms with Gasteiger partial charge in [-0.05, 0) is 35.4 Å². The van der Waals surface area contributed by atoms with Gasteiger partial charge in [-0.25, -0.2) is 0 Å². The van der Waals surface area contributed by atoms with Crippen molar-refractivity contribution < 1.29 is 9.53 Å². The van der Waals surface area contributed by atoms with Gasteiger partial charge in [0.15, 0.2) is 0 Å². The number of amides is 1. The third kappa shape index (κ3) is 4.50. The molecule has 1 aliphatic heterocycles. The summed E-state index contributed by atoms with van der Waals surface area (Å²) in [7, 11) is 0. The van der Waals surface area contributed by atoms with E-state index in [1.54, 1.807) is 6.08 Å². The van der Waals surface area contributed by atoms with Crippen LogP contribution < -0.4 is 10.1 Å². The number of nitrogens with one attached hydrogen (secondary N) is 1. The molecule has 1 heterocycles. The molecule has 0 radical (unpaired) electrons. The molecule has 3 aromatic carbocycles. The second kappa shape index (κ2) is 10.4. The molecule has 0 saturated carbocycles. The lowest BCUT2D eigenvalue weighted by atomic mass is 9.97. The average molecular weight is 429 g/mol. The highest BCUT2D eigenvalue weighted by atomic mass is 16.5. The van der Waals surface area contributed by atoms with Crippen molar-refractivity contribution in [3.8, 4) is 5.75 Å². The van der Waals surface area contributed by atoms with E-state index >= 15 is 0 Å².